The second-order valence-corrected chi connectivity index (χ2v) is 4.97. The Kier molecular flexibility index (Phi) is 2.41. The predicted octanol–water partition coefficient (Wildman–Crippen LogP) is 2.69. The maximum Gasteiger partial charge on any atom is 0.136 e. The van der Waals surface area contributed by atoms with Gasteiger partial charge in [-0.2, -0.15) is 0 Å². The van der Waals surface area contributed by atoms with Gasteiger partial charge in [-0.05, 0) is 18.8 Å². The summed E-state index contributed by atoms with van der Waals surface area (Å²) in [6, 6.07) is 2.04. The van der Waals surface area contributed by atoms with Crippen LogP contribution in [-0.2, 0) is 5.41 Å². The third-order valence-corrected chi connectivity index (χ3v) is 3.13. The molecule has 0 saturated heterocycles. The molecule has 1 heterocycles. The molecule has 2 rings (SSSR count). The van der Waals surface area contributed by atoms with Gasteiger partial charge in [0.15, 0.2) is 0 Å². The van der Waals surface area contributed by atoms with Crippen molar-refractivity contribution in [3.63, 3.8) is 0 Å². The van der Waals surface area contributed by atoms with Crippen molar-refractivity contribution < 1.29 is 0 Å². The minimum Gasteiger partial charge on any atom is -0.373 e. The summed E-state index contributed by atoms with van der Waals surface area (Å²) in [6.07, 6.45) is 2.44. The summed E-state index contributed by atoms with van der Waals surface area (Å²) in [5.74, 6) is 2.41. The molecule has 1 fully saturated rings. The molecule has 0 spiro atoms. The van der Waals surface area contributed by atoms with E-state index in [4.69, 9.17) is 0 Å². The van der Waals surface area contributed by atoms with Crippen LogP contribution in [0.3, 0.4) is 0 Å². The van der Waals surface area contributed by atoms with Crippen LogP contribution in [0.4, 0.5) is 5.82 Å². The van der Waals surface area contributed by atoms with Crippen LogP contribution >= 0.6 is 0 Å². The van der Waals surface area contributed by atoms with Crippen LogP contribution in [0.5, 0.6) is 0 Å². The molecule has 15 heavy (non-hydrogen) atoms. The molecule has 0 bridgehead atoms. The molecule has 1 aromatic rings. The summed E-state index contributed by atoms with van der Waals surface area (Å²) >= 11 is 0. The molecule has 1 aliphatic rings. The van der Waals surface area contributed by atoms with Gasteiger partial charge in [0.2, 0.25) is 0 Å². The number of aromatic nitrogens is 2. The zero-order valence-electron chi connectivity index (χ0n) is 9.96. The highest BCUT2D eigenvalue weighted by molar-refractivity contribution is 5.38. The number of hydrogen-bond acceptors (Lipinski definition) is 3. The second kappa shape index (κ2) is 3.47. The maximum absolute atomic E-state index is 4.66. The van der Waals surface area contributed by atoms with Crippen LogP contribution in [0.15, 0.2) is 6.07 Å². The van der Waals surface area contributed by atoms with E-state index >= 15 is 0 Å². The van der Waals surface area contributed by atoms with Gasteiger partial charge in [-0.3, -0.25) is 0 Å². The molecule has 3 heteroatoms. The molecular weight excluding hydrogens is 186 g/mol. The van der Waals surface area contributed by atoms with E-state index in [1.807, 2.05) is 13.1 Å². The number of hydrogen-bond donors (Lipinski definition) is 1. The molecule has 0 radical (unpaired) electrons. The summed E-state index contributed by atoms with van der Waals surface area (Å²) in [6.45, 7) is 6.58. The minimum absolute atomic E-state index is 0.247. The van der Waals surface area contributed by atoms with E-state index in [0.29, 0.717) is 5.92 Å². The van der Waals surface area contributed by atoms with Crippen LogP contribution in [0.25, 0.3) is 0 Å². The smallest absolute Gasteiger partial charge is 0.136 e. The van der Waals surface area contributed by atoms with Crippen molar-refractivity contribution in [3.8, 4) is 0 Å². The van der Waals surface area contributed by atoms with Gasteiger partial charge in [-0.15, -0.1) is 0 Å². The van der Waals surface area contributed by atoms with Crippen LogP contribution in [-0.4, -0.2) is 17.0 Å². The Morgan fingerprint density at radius 1 is 1.33 bits per heavy atom. The van der Waals surface area contributed by atoms with Crippen molar-refractivity contribution in [2.75, 3.05) is 12.4 Å². The first-order chi connectivity index (χ1) is 7.05. The number of nitrogens with zero attached hydrogens (tertiary/aromatic N) is 2. The first kappa shape index (κ1) is 10.4. The summed E-state index contributed by atoms with van der Waals surface area (Å²) in [5, 5.41) is 3.11. The Hall–Kier alpha value is -1.12. The third-order valence-electron chi connectivity index (χ3n) is 3.13. The normalized spacial score (nSPS) is 17.9. The van der Waals surface area contributed by atoms with Gasteiger partial charge in [-0.1, -0.05) is 20.8 Å². The Morgan fingerprint density at radius 2 is 2.00 bits per heavy atom. The predicted molar refractivity (Wildman–Crippen MR) is 62.3 cm³/mol. The summed E-state index contributed by atoms with van der Waals surface area (Å²) in [4.78, 5) is 9.21. The summed E-state index contributed by atoms with van der Waals surface area (Å²) in [7, 11) is 1.91. The standard InChI is InChI=1S/C12H19N3/c1-8(2)9-7-10(13-4)15-11(14-9)12(3)5-6-12/h7-8H,5-6H2,1-4H3,(H,13,14,15). The molecular formula is C12H19N3. The van der Waals surface area contributed by atoms with Gasteiger partial charge in [0.05, 0.1) is 0 Å². The Morgan fingerprint density at radius 3 is 2.47 bits per heavy atom. The van der Waals surface area contributed by atoms with E-state index < -0.39 is 0 Å². The molecule has 1 saturated carbocycles. The van der Waals surface area contributed by atoms with Gasteiger partial charge >= 0.3 is 0 Å². The van der Waals surface area contributed by atoms with Crippen molar-refractivity contribution in [3.05, 3.63) is 17.6 Å². The van der Waals surface area contributed by atoms with E-state index in [9.17, 15) is 0 Å². The van der Waals surface area contributed by atoms with Gasteiger partial charge in [0, 0.05) is 24.2 Å². The largest absolute Gasteiger partial charge is 0.373 e. The number of nitrogens with one attached hydrogen (secondary N) is 1. The van der Waals surface area contributed by atoms with E-state index in [0.717, 1.165) is 17.3 Å². The van der Waals surface area contributed by atoms with Crippen molar-refractivity contribution >= 4 is 5.82 Å². The molecule has 1 aromatic heterocycles. The summed E-state index contributed by atoms with van der Waals surface area (Å²) in [5.41, 5.74) is 1.38. The van der Waals surface area contributed by atoms with Crippen molar-refractivity contribution in [2.24, 2.45) is 0 Å². The molecule has 0 amide bonds. The Bertz CT molecular complexity index is 367. The molecule has 82 valence electrons. The second-order valence-electron chi connectivity index (χ2n) is 4.97. The fraction of sp³-hybridized carbons (Fsp3) is 0.667. The first-order valence-electron chi connectivity index (χ1n) is 5.62. The Balaban J connectivity index is 2.42. The number of anilines is 1. The zero-order chi connectivity index (χ0) is 11.1. The van der Waals surface area contributed by atoms with Crippen molar-refractivity contribution in [1.29, 1.82) is 0 Å². The van der Waals surface area contributed by atoms with E-state index in [1.165, 1.54) is 12.8 Å². The van der Waals surface area contributed by atoms with Crippen LogP contribution < -0.4 is 5.32 Å². The lowest BCUT2D eigenvalue weighted by atomic mass is 10.1. The number of rotatable bonds is 3. The first-order valence-corrected chi connectivity index (χ1v) is 5.62. The van der Waals surface area contributed by atoms with E-state index in [1.54, 1.807) is 0 Å². The average Bonchev–Trinajstić information content (AvgIpc) is 2.97. The topological polar surface area (TPSA) is 37.8 Å². The zero-order valence-corrected chi connectivity index (χ0v) is 9.96. The lowest BCUT2D eigenvalue weighted by Crippen LogP contribution is -2.11. The van der Waals surface area contributed by atoms with E-state index in [2.05, 4.69) is 36.1 Å². The average molecular weight is 205 g/mol. The highest BCUT2D eigenvalue weighted by Gasteiger charge is 2.42. The highest BCUT2D eigenvalue weighted by Crippen LogP contribution is 2.46. The molecule has 0 unspecified atom stereocenters. The lowest BCUT2D eigenvalue weighted by Gasteiger charge is -2.13. The monoisotopic (exact) mass is 205 g/mol. The van der Waals surface area contributed by atoms with Crippen LogP contribution in [0, 0.1) is 0 Å². The molecule has 0 aliphatic heterocycles. The van der Waals surface area contributed by atoms with Crippen molar-refractivity contribution in [1.82, 2.24) is 9.97 Å². The fourth-order valence-electron chi connectivity index (χ4n) is 1.57. The van der Waals surface area contributed by atoms with Gasteiger partial charge in [-0.25, -0.2) is 9.97 Å². The maximum atomic E-state index is 4.66. The highest BCUT2D eigenvalue weighted by atomic mass is 15.0. The lowest BCUT2D eigenvalue weighted by molar-refractivity contribution is 0.684. The molecule has 0 atom stereocenters. The van der Waals surface area contributed by atoms with Gasteiger partial charge in [0.1, 0.15) is 11.6 Å². The summed E-state index contributed by atoms with van der Waals surface area (Å²) < 4.78 is 0. The molecule has 3 nitrogen and oxygen atoms in total. The Labute approximate surface area is 91.3 Å². The van der Waals surface area contributed by atoms with Crippen molar-refractivity contribution in [2.45, 2.75) is 44.9 Å². The van der Waals surface area contributed by atoms with E-state index in [-0.39, 0.29) is 5.41 Å². The SMILES string of the molecule is CNc1cc(C(C)C)nc(C2(C)CC2)n1. The van der Waals surface area contributed by atoms with Gasteiger partial charge < -0.3 is 5.32 Å². The quantitative estimate of drug-likeness (QED) is 0.824. The molecule has 1 aliphatic carbocycles. The fourth-order valence-corrected chi connectivity index (χ4v) is 1.57. The van der Waals surface area contributed by atoms with Crippen LogP contribution in [0.2, 0.25) is 0 Å². The van der Waals surface area contributed by atoms with Gasteiger partial charge in [0.25, 0.3) is 0 Å². The van der Waals surface area contributed by atoms with Crippen LogP contribution in [0.1, 0.15) is 51.0 Å². The third kappa shape index (κ3) is 1.96. The minimum atomic E-state index is 0.247. The molecule has 1 N–H and O–H groups in total. The molecule has 0 aromatic carbocycles.